The van der Waals surface area contributed by atoms with Crippen molar-refractivity contribution in [3.63, 3.8) is 0 Å². The van der Waals surface area contributed by atoms with Gasteiger partial charge in [-0.3, -0.25) is 0 Å². The van der Waals surface area contributed by atoms with Gasteiger partial charge in [-0.15, -0.1) is 0 Å². The molecule has 1 nitrogen and oxygen atoms in total. The molecule has 1 fully saturated rings. The predicted octanol–water partition coefficient (Wildman–Crippen LogP) is 2.93. The smallest absolute Gasteiger partial charge is 0.120 e. The summed E-state index contributed by atoms with van der Waals surface area (Å²) in [6.07, 6.45) is 6.95. The molecule has 2 atom stereocenters. The van der Waals surface area contributed by atoms with Gasteiger partial charge in [0.05, 0.1) is 0 Å². The summed E-state index contributed by atoms with van der Waals surface area (Å²) in [5, 5.41) is 0. The molecule has 0 saturated carbocycles. The number of hydrogen-bond acceptors (Lipinski definition) is 1. The van der Waals surface area contributed by atoms with Gasteiger partial charge in [0, 0.05) is 0 Å². The summed E-state index contributed by atoms with van der Waals surface area (Å²) in [7, 11) is 0. The average molecular weight is 178 g/mol. The maximum atomic E-state index is 5.85. The molecule has 2 unspecified atom stereocenters. The Kier molecular flexibility index (Phi) is 1.88. The molecule has 2 rings (SSSR count). The second kappa shape index (κ2) is 2.71. The van der Waals surface area contributed by atoms with Gasteiger partial charge in [-0.2, -0.15) is 0 Å². The van der Waals surface area contributed by atoms with Gasteiger partial charge in [-0.1, -0.05) is 39.8 Å². The largest absolute Gasteiger partial charge is 0.357 e. The number of hydrogen-bond donors (Lipinski definition) is 0. The molecule has 0 N–H and O–H groups in total. The third-order valence-corrected chi connectivity index (χ3v) is 3.19. The van der Waals surface area contributed by atoms with Crippen molar-refractivity contribution in [2.24, 2.45) is 11.8 Å². The fraction of sp³-hybridized carbons (Fsp3) is 0.667. The molecule has 0 aromatic rings. The zero-order valence-electron chi connectivity index (χ0n) is 8.87. The molecule has 0 amide bonds. The minimum atomic E-state index is 0.0500. The maximum Gasteiger partial charge on any atom is 0.120 e. The van der Waals surface area contributed by atoms with Crippen LogP contribution in [-0.2, 0) is 4.74 Å². The van der Waals surface area contributed by atoms with Crippen LogP contribution in [0.15, 0.2) is 23.8 Å². The number of allylic oxidation sites excluding steroid dienone is 2. The van der Waals surface area contributed by atoms with E-state index in [9.17, 15) is 0 Å². The Hall–Kier alpha value is -0.560. The van der Waals surface area contributed by atoms with Crippen LogP contribution in [0.25, 0.3) is 0 Å². The van der Waals surface area contributed by atoms with Gasteiger partial charge in [0.2, 0.25) is 0 Å². The van der Waals surface area contributed by atoms with Crippen molar-refractivity contribution in [2.75, 3.05) is 0 Å². The SMILES string of the molecule is CC(C)C1=CC=CC2(C(C)C)OC12. The highest BCUT2D eigenvalue weighted by Crippen LogP contribution is 2.51. The fourth-order valence-electron chi connectivity index (χ4n) is 2.15. The van der Waals surface area contributed by atoms with E-state index in [1.165, 1.54) is 5.57 Å². The average Bonchev–Trinajstić information content (AvgIpc) is 2.77. The molecule has 0 bridgehead atoms. The van der Waals surface area contributed by atoms with E-state index in [2.05, 4.69) is 45.9 Å². The van der Waals surface area contributed by atoms with Crippen molar-refractivity contribution < 1.29 is 4.74 Å². The first-order valence-corrected chi connectivity index (χ1v) is 5.15. The second-order valence-corrected chi connectivity index (χ2v) is 4.69. The van der Waals surface area contributed by atoms with Gasteiger partial charge in [0.15, 0.2) is 0 Å². The van der Waals surface area contributed by atoms with Crippen LogP contribution in [0.4, 0.5) is 0 Å². The molecule has 72 valence electrons. The van der Waals surface area contributed by atoms with Gasteiger partial charge in [-0.25, -0.2) is 0 Å². The molecule has 1 heteroatoms. The van der Waals surface area contributed by atoms with E-state index < -0.39 is 0 Å². The predicted molar refractivity (Wildman–Crippen MR) is 54.5 cm³/mol. The first-order valence-electron chi connectivity index (χ1n) is 5.15. The maximum absolute atomic E-state index is 5.85. The number of fused-ring (bicyclic) bond motifs is 1. The Morgan fingerprint density at radius 2 is 2.00 bits per heavy atom. The van der Waals surface area contributed by atoms with Crippen molar-refractivity contribution in [3.05, 3.63) is 23.8 Å². The van der Waals surface area contributed by atoms with Crippen LogP contribution in [0.1, 0.15) is 27.7 Å². The van der Waals surface area contributed by atoms with Crippen LogP contribution in [-0.4, -0.2) is 11.7 Å². The summed E-state index contributed by atoms with van der Waals surface area (Å²) in [6.45, 7) is 8.93. The summed E-state index contributed by atoms with van der Waals surface area (Å²) >= 11 is 0. The third-order valence-electron chi connectivity index (χ3n) is 3.19. The molecule has 2 aliphatic rings. The van der Waals surface area contributed by atoms with Crippen molar-refractivity contribution in [1.29, 1.82) is 0 Å². The standard InChI is InChI=1S/C12H18O/c1-8(2)10-6-5-7-12(9(3)4)11(10)13-12/h5-9,11H,1-4H3. The van der Waals surface area contributed by atoms with E-state index in [0.717, 1.165) is 0 Å². The minimum Gasteiger partial charge on any atom is -0.357 e. The number of epoxide rings is 1. The Bertz CT molecular complexity index is 273. The minimum absolute atomic E-state index is 0.0500. The molecule has 13 heavy (non-hydrogen) atoms. The molecule has 1 heterocycles. The van der Waals surface area contributed by atoms with Gasteiger partial charge in [-0.05, 0) is 23.5 Å². The number of ether oxygens (including phenoxy) is 1. The van der Waals surface area contributed by atoms with Crippen LogP contribution in [0.2, 0.25) is 0 Å². The van der Waals surface area contributed by atoms with Crippen LogP contribution < -0.4 is 0 Å². The van der Waals surface area contributed by atoms with Crippen LogP contribution in [0, 0.1) is 11.8 Å². The molecule has 1 aliphatic carbocycles. The normalized spacial score (nSPS) is 36.5. The van der Waals surface area contributed by atoms with Gasteiger partial charge in [0.25, 0.3) is 0 Å². The molecule has 0 aromatic heterocycles. The van der Waals surface area contributed by atoms with E-state index >= 15 is 0 Å². The van der Waals surface area contributed by atoms with Gasteiger partial charge in [0.1, 0.15) is 11.7 Å². The Labute approximate surface area is 80.5 Å². The molecular formula is C12H18O. The zero-order valence-corrected chi connectivity index (χ0v) is 8.87. The molecule has 0 radical (unpaired) electrons. The third kappa shape index (κ3) is 1.18. The fourth-order valence-corrected chi connectivity index (χ4v) is 2.15. The topological polar surface area (TPSA) is 12.5 Å². The van der Waals surface area contributed by atoms with Crippen molar-refractivity contribution in [1.82, 2.24) is 0 Å². The summed E-state index contributed by atoms with van der Waals surface area (Å²) in [6, 6.07) is 0. The molecule has 1 saturated heterocycles. The van der Waals surface area contributed by atoms with Gasteiger partial charge < -0.3 is 4.74 Å². The summed E-state index contributed by atoms with van der Waals surface area (Å²) in [4.78, 5) is 0. The summed E-state index contributed by atoms with van der Waals surface area (Å²) in [5.41, 5.74) is 1.50. The highest BCUT2D eigenvalue weighted by atomic mass is 16.6. The van der Waals surface area contributed by atoms with Crippen LogP contribution in [0.5, 0.6) is 0 Å². The van der Waals surface area contributed by atoms with E-state index in [0.29, 0.717) is 17.9 Å². The molecule has 0 spiro atoms. The lowest BCUT2D eigenvalue weighted by Crippen LogP contribution is -2.23. The quantitative estimate of drug-likeness (QED) is 0.592. The lowest BCUT2D eigenvalue weighted by atomic mass is 9.82. The number of rotatable bonds is 2. The Morgan fingerprint density at radius 3 is 2.54 bits per heavy atom. The van der Waals surface area contributed by atoms with Crippen LogP contribution >= 0.6 is 0 Å². The Morgan fingerprint density at radius 1 is 1.31 bits per heavy atom. The van der Waals surface area contributed by atoms with E-state index in [1.54, 1.807) is 0 Å². The van der Waals surface area contributed by atoms with Crippen molar-refractivity contribution in [3.8, 4) is 0 Å². The second-order valence-electron chi connectivity index (χ2n) is 4.69. The lowest BCUT2D eigenvalue weighted by molar-refractivity contribution is 0.283. The van der Waals surface area contributed by atoms with E-state index in [4.69, 9.17) is 4.74 Å². The first kappa shape index (κ1) is 9.01. The van der Waals surface area contributed by atoms with Crippen molar-refractivity contribution in [2.45, 2.75) is 39.4 Å². The van der Waals surface area contributed by atoms with E-state index in [-0.39, 0.29) is 5.60 Å². The first-order chi connectivity index (χ1) is 6.08. The van der Waals surface area contributed by atoms with Gasteiger partial charge >= 0.3 is 0 Å². The Balaban J connectivity index is 2.23. The highest BCUT2D eigenvalue weighted by Gasteiger charge is 2.59. The monoisotopic (exact) mass is 178 g/mol. The molecular weight excluding hydrogens is 160 g/mol. The highest BCUT2D eigenvalue weighted by molar-refractivity contribution is 5.39. The summed E-state index contributed by atoms with van der Waals surface area (Å²) in [5.74, 6) is 1.19. The molecule has 1 aliphatic heterocycles. The summed E-state index contributed by atoms with van der Waals surface area (Å²) < 4.78 is 5.85. The molecule has 0 aromatic carbocycles. The zero-order chi connectivity index (χ0) is 9.64. The van der Waals surface area contributed by atoms with Crippen LogP contribution in [0.3, 0.4) is 0 Å². The van der Waals surface area contributed by atoms with Crippen molar-refractivity contribution >= 4 is 0 Å². The van der Waals surface area contributed by atoms with E-state index in [1.807, 2.05) is 0 Å². The lowest BCUT2D eigenvalue weighted by Gasteiger charge is -2.18.